The second kappa shape index (κ2) is 5.32. The van der Waals surface area contributed by atoms with Crippen LogP contribution in [0.15, 0.2) is 18.2 Å². The predicted molar refractivity (Wildman–Crippen MR) is 79.7 cm³/mol. The minimum absolute atomic E-state index is 0.692. The largest absolute Gasteiger partial charge is 0.495 e. The van der Waals surface area contributed by atoms with Crippen LogP contribution in [0.4, 0.5) is 11.4 Å². The summed E-state index contributed by atoms with van der Waals surface area (Å²) in [5.74, 6) is 1.67. The summed E-state index contributed by atoms with van der Waals surface area (Å²) in [6.45, 7) is 1.14. The lowest BCUT2D eigenvalue weighted by molar-refractivity contribution is 0.244. The number of anilines is 2. The van der Waals surface area contributed by atoms with Gasteiger partial charge in [0.1, 0.15) is 5.75 Å². The summed E-state index contributed by atoms with van der Waals surface area (Å²) in [6.07, 6.45) is 8.17. The molecule has 1 heterocycles. The van der Waals surface area contributed by atoms with Gasteiger partial charge in [-0.15, -0.1) is 0 Å². The summed E-state index contributed by atoms with van der Waals surface area (Å²) in [5, 5.41) is 0. The second-order valence-electron chi connectivity index (χ2n) is 5.84. The molecule has 3 heteroatoms. The summed E-state index contributed by atoms with van der Waals surface area (Å²) in [7, 11) is 1.69. The Kier molecular flexibility index (Phi) is 3.54. The lowest BCUT2D eigenvalue weighted by atomic mass is 9.78. The van der Waals surface area contributed by atoms with E-state index < -0.39 is 0 Å². The summed E-state index contributed by atoms with van der Waals surface area (Å²) in [4.78, 5) is 2.55. The van der Waals surface area contributed by atoms with Crippen LogP contribution >= 0.6 is 0 Å². The van der Waals surface area contributed by atoms with Gasteiger partial charge in [0.15, 0.2) is 0 Å². The zero-order chi connectivity index (χ0) is 13.2. The summed E-state index contributed by atoms with van der Waals surface area (Å²) < 4.78 is 5.36. The topological polar surface area (TPSA) is 38.5 Å². The summed E-state index contributed by atoms with van der Waals surface area (Å²) in [6, 6.07) is 6.84. The molecule has 19 heavy (non-hydrogen) atoms. The van der Waals surface area contributed by atoms with Crippen molar-refractivity contribution in [1.82, 2.24) is 0 Å². The van der Waals surface area contributed by atoms with Crippen LogP contribution < -0.4 is 15.4 Å². The van der Waals surface area contributed by atoms with E-state index in [0.29, 0.717) is 6.04 Å². The maximum absolute atomic E-state index is 6.28. The normalized spacial score (nSPS) is 26.9. The maximum atomic E-state index is 6.28. The molecule has 1 saturated heterocycles. The van der Waals surface area contributed by atoms with Crippen LogP contribution in [0, 0.1) is 5.92 Å². The van der Waals surface area contributed by atoms with E-state index in [1.807, 2.05) is 6.07 Å². The Morgan fingerprint density at radius 3 is 2.79 bits per heavy atom. The molecule has 0 bridgehead atoms. The third-order valence-corrected chi connectivity index (χ3v) is 4.82. The van der Waals surface area contributed by atoms with Gasteiger partial charge < -0.3 is 15.4 Å². The Bertz CT molecular complexity index is 444. The first-order valence-corrected chi connectivity index (χ1v) is 7.50. The van der Waals surface area contributed by atoms with Gasteiger partial charge in [0.25, 0.3) is 0 Å². The van der Waals surface area contributed by atoms with Gasteiger partial charge >= 0.3 is 0 Å². The Labute approximate surface area is 115 Å². The van der Waals surface area contributed by atoms with E-state index >= 15 is 0 Å². The third kappa shape index (κ3) is 2.26. The predicted octanol–water partition coefficient (Wildman–Crippen LogP) is 3.44. The Morgan fingerprint density at radius 1 is 1.16 bits per heavy atom. The molecule has 1 aromatic carbocycles. The monoisotopic (exact) mass is 260 g/mol. The average Bonchev–Trinajstić information content (AvgIpc) is 2.47. The highest BCUT2D eigenvalue weighted by Crippen LogP contribution is 2.41. The first kappa shape index (κ1) is 12.6. The van der Waals surface area contributed by atoms with Crippen molar-refractivity contribution in [3.05, 3.63) is 18.2 Å². The van der Waals surface area contributed by atoms with E-state index in [0.717, 1.165) is 23.9 Å². The molecule has 3 nitrogen and oxygen atoms in total. The fourth-order valence-corrected chi connectivity index (χ4v) is 3.88. The summed E-state index contributed by atoms with van der Waals surface area (Å²) in [5.41, 5.74) is 8.26. The molecule has 1 aromatic rings. The minimum Gasteiger partial charge on any atom is -0.495 e. The number of rotatable bonds is 2. The van der Waals surface area contributed by atoms with Crippen LogP contribution in [0.3, 0.4) is 0 Å². The fraction of sp³-hybridized carbons (Fsp3) is 0.625. The molecule has 2 fully saturated rings. The molecule has 0 spiro atoms. The van der Waals surface area contributed by atoms with Gasteiger partial charge in [-0.05, 0) is 43.7 Å². The van der Waals surface area contributed by atoms with Crippen LogP contribution in [-0.4, -0.2) is 19.7 Å². The zero-order valence-corrected chi connectivity index (χ0v) is 11.8. The third-order valence-electron chi connectivity index (χ3n) is 4.82. The van der Waals surface area contributed by atoms with Crippen molar-refractivity contribution in [2.24, 2.45) is 5.92 Å². The zero-order valence-electron chi connectivity index (χ0n) is 11.8. The highest BCUT2D eigenvalue weighted by atomic mass is 16.5. The number of hydrogen-bond acceptors (Lipinski definition) is 3. The highest BCUT2D eigenvalue weighted by molar-refractivity contribution is 5.74. The van der Waals surface area contributed by atoms with E-state index in [2.05, 4.69) is 17.0 Å². The quantitative estimate of drug-likeness (QED) is 0.828. The molecular formula is C16H24N2O. The molecule has 0 aromatic heterocycles. The van der Waals surface area contributed by atoms with Gasteiger partial charge in [-0.2, -0.15) is 0 Å². The van der Waals surface area contributed by atoms with Crippen LogP contribution in [0.1, 0.15) is 38.5 Å². The van der Waals surface area contributed by atoms with E-state index in [-0.39, 0.29) is 0 Å². The van der Waals surface area contributed by atoms with Gasteiger partial charge in [0.05, 0.1) is 18.5 Å². The molecule has 104 valence electrons. The van der Waals surface area contributed by atoms with Crippen molar-refractivity contribution in [3.63, 3.8) is 0 Å². The molecular weight excluding hydrogens is 236 g/mol. The van der Waals surface area contributed by atoms with Gasteiger partial charge in [0, 0.05) is 12.6 Å². The SMILES string of the molecule is COc1cccc(N2CCC[C@H]3CCCC[C@H]32)c1N. The molecule has 3 rings (SSSR count). The van der Waals surface area contributed by atoms with E-state index in [4.69, 9.17) is 10.5 Å². The maximum Gasteiger partial charge on any atom is 0.143 e. The van der Waals surface area contributed by atoms with Gasteiger partial charge in [-0.1, -0.05) is 18.9 Å². The number of hydrogen-bond donors (Lipinski definition) is 1. The Hall–Kier alpha value is -1.38. The Morgan fingerprint density at radius 2 is 1.95 bits per heavy atom. The standard InChI is InChI=1S/C16H24N2O/c1-19-15-10-4-9-14(16(15)17)18-11-5-7-12-6-2-3-8-13(12)18/h4,9-10,12-13H,2-3,5-8,11,17H2,1H3/t12-,13-/m1/s1. The summed E-state index contributed by atoms with van der Waals surface area (Å²) >= 11 is 0. The lowest BCUT2D eigenvalue weighted by Crippen LogP contribution is -2.47. The second-order valence-corrected chi connectivity index (χ2v) is 5.84. The first-order valence-electron chi connectivity index (χ1n) is 7.50. The molecule has 0 radical (unpaired) electrons. The van der Waals surface area contributed by atoms with Crippen molar-refractivity contribution in [2.45, 2.75) is 44.6 Å². The number of piperidine rings is 1. The van der Waals surface area contributed by atoms with E-state index in [9.17, 15) is 0 Å². The molecule has 1 saturated carbocycles. The van der Waals surface area contributed by atoms with Crippen LogP contribution in [0.25, 0.3) is 0 Å². The van der Waals surface area contributed by atoms with Crippen LogP contribution in [0.5, 0.6) is 5.75 Å². The van der Waals surface area contributed by atoms with Crippen LogP contribution in [0.2, 0.25) is 0 Å². The smallest absolute Gasteiger partial charge is 0.143 e. The van der Waals surface area contributed by atoms with Crippen LogP contribution in [-0.2, 0) is 0 Å². The average molecular weight is 260 g/mol. The molecule has 2 N–H and O–H groups in total. The molecule has 2 aliphatic rings. The number of methoxy groups -OCH3 is 1. The van der Waals surface area contributed by atoms with E-state index in [1.54, 1.807) is 7.11 Å². The molecule has 2 atom stereocenters. The number of nitrogen functional groups attached to an aromatic ring is 1. The first-order chi connectivity index (χ1) is 9.31. The van der Waals surface area contributed by atoms with Gasteiger partial charge in [0.2, 0.25) is 0 Å². The number of nitrogens with zero attached hydrogens (tertiary/aromatic N) is 1. The van der Waals surface area contributed by atoms with Crippen molar-refractivity contribution in [1.29, 1.82) is 0 Å². The van der Waals surface area contributed by atoms with Crippen molar-refractivity contribution >= 4 is 11.4 Å². The molecule has 0 amide bonds. The highest BCUT2D eigenvalue weighted by Gasteiger charge is 2.34. The number of nitrogens with two attached hydrogens (primary N) is 1. The minimum atomic E-state index is 0.692. The molecule has 0 unspecified atom stereocenters. The lowest BCUT2D eigenvalue weighted by Gasteiger charge is -2.45. The van der Waals surface area contributed by atoms with Crippen molar-refractivity contribution in [2.75, 3.05) is 24.3 Å². The van der Waals surface area contributed by atoms with Gasteiger partial charge in [-0.3, -0.25) is 0 Å². The van der Waals surface area contributed by atoms with Gasteiger partial charge in [-0.25, -0.2) is 0 Å². The number of fused-ring (bicyclic) bond motifs is 1. The Balaban J connectivity index is 1.91. The van der Waals surface area contributed by atoms with Crippen molar-refractivity contribution < 1.29 is 4.74 Å². The number of ether oxygens (including phenoxy) is 1. The number of para-hydroxylation sites is 1. The fourth-order valence-electron chi connectivity index (χ4n) is 3.88. The molecule has 1 aliphatic heterocycles. The molecule has 1 aliphatic carbocycles. The van der Waals surface area contributed by atoms with E-state index in [1.165, 1.54) is 44.2 Å². The number of benzene rings is 1. The van der Waals surface area contributed by atoms with Crippen molar-refractivity contribution in [3.8, 4) is 5.75 Å².